The van der Waals surface area contributed by atoms with Gasteiger partial charge in [0.2, 0.25) is 5.91 Å². The molecule has 0 fully saturated rings. The van der Waals surface area contributed by atoms with Gasteiger partial charge in [0.25, 0.3) is 0 Å². The van der Waals surface area contributed by atoms with Gasteiger partial charge in [0.1, 0.15) is 0 Å². The first-order chi connectivity index (χ1) is 15.0. The molecule has 31 heavy (non-hydrogen) atoms. The highest BCUT2D eigenvalue weighted by Crippen LogP contribution is 2.30. The Morgan fingerprint density at radius 3 is 2.39 bits per heavy atom. The number of halogens is 1. The lowest BCUT2D eigenvalue weighted by Gasteiger charge is -2.17. The molecule has 160 valence electrons. The Bertz CT molecular complexity index is 1060. The molecular weight excluding hydrogens is 446 g/mol. The molecule has 0 aliphatic carbocycles. The van der Waals surface area contributed by atoms with Crippen LogP contribution in [-0.2, 0) is 4.79 Å². The smallest absolute Gasteiger partial charge is 0.237 e. The Morgan fingerprint density at radius 2 is 1.65 bits per heavy atom. The summed E-state index contributed by atoms with van der Waals surface area (Å²) in [6.45, 7) is 3.90. The Hall–Kier alpha value is -2.54. The first-order valence-corrected chi connectivity index (χ1v) is 11.6. The molecule has 7 heteroatoms. The number of para-hydroxylation sites is 1. The number of hydrogen-bond donors (Lipinski definition) is 3. The van der Waals surface area contributed by atoms with Gasteiger partial charge in [-0.3, -0.25) is 4.79 Å². The number of hydrogen-bond acceptors (Lipinski definition) is 3. The molecule has 4 nitrogen and oxygen atoms in total. The number of thiocarbonyl (C=S) groups is 1. The van der Waals surface area contributed by atoms with Crippen LogP contribution in [0, 0.1) is 6.92 Å². The Morgan fingerprint density at radius 1 is 0.968 bits per heavy atom. The molecule has 1 atom stereocenters. The molecule has 3 aromatic carbocycles. The van der Waals surface area contributed by atoms with Crippen molar-refractivity contribution in [1.29, 1.82) is 0 Å². The first-order valence-electron chi connectivity index (χ1n) is 9.92. The van der Waals surface area contributed by atoms with Crippen LogP contribution in [0.5, 0.6) is 0 Å². The summed E-state index contributed by atoms with van der Waals surface area (Å²) < 4.78 is 0. The summed E-state index contributed by atoms with van der Waals surface area (Å²) in [7, 11) is 0. The van der Waals surface area contributed by atoms with Crippen LogP contribution in [0.25, 0.3) is 0 Å². The van der Waals surface area contributed by atoms with Gasteiger partial charge in [-0.25, -0.2) is 0 Å². The summed E-state index contributed by atoms with van der Waals surface area (Å²) in [5.74, 6) is -0.0440. The maximum absolute atomic E-state index is 12.9. The van der Waals surface area contributed by atoms with E-state index in [1.165, 1.54) is 11.8 Å². The van der Waals surface area contributed by atoms with E-state index in [1.54, 1.807) is 0 Å². The Labute approximate surface area is 197 Å². The number of anilines is 3. The molecule has 0 bridgehead atoms. The SMILES string of the molecule is CCC(Sc1cccc(NC(=S)Nc2ccccc2)c1)C(=O)Nc1cccc(Cl)c1C. The predicted molar refractivity (Wildman–Crippen MR) is 137 cm³/mol. The van der Waals surface area contributed by atoms with E-state index in [2.05, 4.69) is 16.0 Å². The fraction of sp³-hybridized carbons (Fsp3) is 0.167. The van der Waals surface area contributed by atoms with Gasteiger partial charge in [-0.05, 0) is 73.6 Å². The zero-order valence-electron chi connectivity index (χ0n) is 17.3. The van der Waals surface area contributed by atoms with Crippen molar-refractivity contribution < 1.29 is 4.79 Å². The summed E-state index contributed by atoms with van der Waals surface area (Å²) in [5.41, 5.74) is 3.39. The summed E-state index contributed by atoms with van der Waals surface area (Å²) in [6, 6.07) is 23.1. The predicted octanol–water partition coefficient (Wildman–Crippen LogP) is 6.97. The minimum absolute atomic E-state index is 0.0440. The fourth-order valence-electron chi connectivity index (χ4n) is 2.90. The van der Waals surface area contributed by atoms with Gasteiger partial charge in [-0.15, -0.1) is 11.8 Å². The van der Waals surface area contributed by atoms with Crippen molar-refractivity contribution in [3.8, 4) is 0 Å². The lowest BCUT2D eigenvalue weighted by atomic mass is 10.2. The van der Waals surface area contributed by atoms with E-state index < -0.39 is 0 Å². The maximum atomic E-state index is 12.9. The quantitative estimate of drug-likeness (QED) is 0.258. The zero-order valence-corrected chi connectivity index (χ0v) is 19.7. The summed E-state index contributed by atoms with van der Waals surface area (Å²) in [5, 5.41) is 10.3. The highest BCUT2D eigenvalue weighted by atomic mass is 35.5. The van der Waals surface area contributed by atoms with Crippen molar-refractivity contribution in [3.05, 3.63) is 83.4 Å². The topological polar surface area (TPSA) is 53.2 Å². The highest BCUT2D eigenvalue weighted by Gasteiger charge is 2.19. The van der Waals surface area contributed by atoms with Gasteiger partial charge in [0.15, 0.2) is 5.11 Å². The minimum Gasteiger partial charge on any atom is -0.332 e. The number of rotatable bonds is 7. The monoisotopic (exact) mass is 469 g/mol. The van der Waals surface area contributed by atoms with Crippen LogP contribution in [0.2, 0.25) is 5.02 Å². The molecule has 0 heterocycles. The first kappa shape index (κ1) is 23.1. The van der Waals surface area contributed by atoms with Crippen molar-refractivity contribution in [2.24, 2.45) is 0 Å². The molecule has 1 amide bonds. The van der Waals surface area contributed by atoms with Gasteiger partial charge < -0.3 is 16.0 Å². The molecule has 1 unspecified atom stereocenters. The largest absolute Gasteiger partial charge is 0.332 e. The van der Waals surface area contributed by atoms with Crippen LogP contribution < -0.4 is 16.0 Å². The molecule has 3 N–H and O–H groups in total. The Balaban J connectivity index is 1.63. The van der Waals surface area contributed by atoms with E-state index in [9.17, 15) is 4.79 Å². The molecule has 0 radical (unpaired) electrons. The minimum atomic E-state index is -0.233. The highest BCUT2D eigenvalue weighted by molar-refractivity contribution is 8.00. The van der Waals surface area contributed by atoms with Gasteiger partial charge in [0, 0.05) is 27.0 Å². The Kier molecular flexibility index (Phi) is 8.35. The van der Waals surface area contributed by atoms with Gasteiger partial charge in [-0.1, -0.05) is 48.9 Å². The van der Waals surface area contributed by atoms with E-state index in [1.807, 2.05) is 86.6 Å². The lowest BCUT2D eigenvalue weighted by Crippen LogP contribution is -2.25. The molecular formula is C24H24ClN3OS2. The molecule has 3 aromatic rings. The maximum Gasteiger partial charge on any atom is 0.237 e. The average Bonchev–Trinajstić information content (AvgIpc) is 2.76. The number of carbonyl (C=O) groups is 1. The van der Waals surface area contributed by atoms with Crippen LogP contribution in [0.1, 0.15) is 18.9 Å². The third-order valence-electron chi connectivity index (χ3n) is 4.59. The van der Waals surface area contributed by atoms with Crippen molar-refractivity contribution in [2.45, 2.75) is 30.4 Å². The fourth-order valence-corrected chi connectivity index (χ4v) is 4.33. The normalized spacial score (nSPS) is 11.5. The van der Waals surface area contributed by atoms with E-state index >= 15 is 0 Å². The molecule has 3 rings (SSSR count). The second kappa shape index (κ2) is 11.2. The number of thioether (sulfide) groups is 1. The standard InChI is InChI=1S/C24H24ClN3OS2/c1-3-22(23(29)28-21-14-8-13-20(25)16(21)2)31-19-12-7-11-18(15-19)27-24(30)26-17-9-5-4-6-10-17/h4-15,22H,3H2,1-2H3,(H,28,29)(H2,26,27,30). The van der Waals surface area contributed by atoms with E-state index in [0.717, 1.165) is 27.5 Å². The molecule has 0 aliphatic heterocycles. The van der Waals surface area contributed by atoms with Crippen molar-refractivity contribution in [2.75, 3.05) is 16.0 Å². The van der Waals surface area contributed by atoms with E-state index in [0.29, 0.717) is 16.6 Å². The molecule has 0 aromatic heterocycles. The molecule has 0 saturated carbocycles. The van der Waals surface area contributed by atoms with Crippen molar-refractivity contribution >= 4 is 63.7 Å². The second-order valence-electron chi connectivity index (χ2n) is 6.89. The van der Waals surface area contributed by atoms with Gasteiger partial charge in [-0.2, -0.15) is 0 Å². The van der Waals surface area contributed by atoms with Gasteiger partial charge >= 0.3 is 0 Å². The van der Waals surface area contributed by atoms with Crippen LogP contribution >= 0.6 is 35.6 Å². The summed E-state index contributed by atoms with van der Waals surface area (Å²) >= 11 is 13.1. The number of amides is 1. The molecule has 0 aliphatic rings. The van der Waals surface area contributed by atoms with Crippen LogP contribution in [-0.4, -0.2) is 16.3 Å². The van der Waals surface area contributed by atoms with Gasteiger partial charge in [0.05, 0.1) is 5.25 Å². The van der Waals surface area contributed by atoms with E-state index in [-0.39, 0.29) is 11.2 Å². The molecule has 0 saturated heterocycles. The van der Waals surface area contributed by atoms with Crippen molar-refractivity contribution in [3.63, 3.8) is 0 Å². The number of carbonyl (C=O) groups excluding carboxylic acids is 1. The molecule has 0 spiro atoms. The second-order valence-corrected chi connectivity index (χ2v) is 8.98. The van der Waals surface area contributed by atoms with Crippen molar-refractivity contribution in [1.82, 2.24) is 0 Å². The third-order valence-corrected chi connectivity index (χ3v) is 6.56. The van der Waals surface area contributed by atoms with Crippen LogP contribution in [0.15, 0.2) is 77.7 Å². The zero-order chi connectivity index (χ0) is 22.2. The summed E-state index contributed by atoms with van der Waals surface area (Å²) in [4.78, 5) is 13.8. The third kappa shape index (κ3) is 6.72. The number of benzene rings is 3. The van der Waals surface area contributed by atoms with E-state index in [4.69, 9.17) is 23.8 Å². The number of nitrogens with one attached hydrogen (secondary N) is 3. The summed E-state index contributed by atoms with van der Waals surface area (Å²) in [6.07, 6.45) is 0.696. The average molecular weight is 470 g/mol. The van der Waals surface area contributed by atoms with Crippen LogP contribution in [0.4, 0.5) is 17.1 Å². The lowest BCUT2D eigenvalue weighted by molar-refractivity contribution is -0.115. The van der Waals surface area contributed by atoms with Crippen LogP contribution in [0.3, 0.4) is 0 Å².